The van der Waals surface area contributed by atoms with Crippen LogP contribution in [0.25, 0.3) is 0 Å². The summed E-state index contributed by atoms with van der Waals surface area (Å²) in [5.41, 5.74) is 1.76. The predicted molar refractivity (Wildman–Crippen MR) is 115 cm³/mol. The second-order valence-electron chi connectivity index (χ2n) is 7.58. The number of carbonyl (C=O) groups excluding carboxylic acids is 1. The summed E-state index contributed by atoms with van der Waals surface area (Å²) >= 11 is 0. The van der Waals surface area contributed by atoms with Crippen LogP contribution in [0.15, 0.2) is 59.1 Å². The van der Waals surface area contributed by atoms with E-state index in [0.29, 0.717) is 43.5 Å². The molecule has 7 heteroatoms. The standard InChI is InChI=1S/C24H27N3O4/c1-29-20-12-10-19(11-13-20)24(28)27-15-6-5-9-21(27)23-25-22(26-31-23)14-16-30-17-18-7-3-2-4-8-18/h2-4,7-8,10-13,21H,5-6,9,14-17H2,1H3. The van der Waals surface area contributed by atoms with Crippen LogP contribution in [0.5, 0.6) is 5.75 Å². The number of nitrogens with zero attached hydrogens (tertiary/aromatic N) is 3. The number of methoxy groups -OCH3 is 1. The van der Waals surface area contributed by atoms with Crippen LogP contribution in [0.3, 0.4) is 0 Å². The summed E-state index contributed by atoms with van der Waals surface area (Å²) in [7, 11) is 1.61. The summed E-state index contributed by atoms with van der Waals surface area (Å²) in [6.45, 7) is 1.73. The molecular formula is C24H27N3O4. The SMILES string of the molecule is COc1ccc(C(=O)N2CCCCC2c2nc(CCOCc3ccccc3)no2)cc1. The Morgan fingerprint density at radius 2 is 1.94 bits per heavy atom. The molecule has 2 heterocycles. The molecule has 0 spiro atoms. The van der Waals surface area contributed by atoms with Crippen molar-refractivity contribution in [2.75, 3.05) is 20.3 Å². The minimum absolute atomic E-state index is 0.0294. The smallest absolute Gasteiger partial charge is 0.254 e. The third kappa shape index (κ3) is 5.30. The molecular weight excluding hydrogens is 394 g/mol. The van der Waals surface area contributed by atoms with Gasteiger partial charge in [-0.1, -0.05) is 35.5 Å². The fourth-order valence-corrected chi connectivity index (χ4v) is 3.76. The van der Waals surface area contributed by atoms with Crippen molar-refractivity contribution < 1.29 is 18.8 Å². The van der Waals surface area contributed by atoms with E-state index in [1.54, 1.807) is 31.4 Å². The van der Waals surface area contributed by atoms with E-state index >= 15 is 0 Å². The number of amides is 1. The number of likely N-dealkylation sites (tertiary alicyclic amines) is 1. The summed E-state index contributed by atoms with van der Waals surface area (Å²) in [6, 6.07) is 17.0. The lowest BCUT2D eigenvalue weighted by molar-refractivity contribution is 0.0561. The molecule has 1 aliphatic rings. The van der Waals surface area contributed by atoms with Crippen LogP contribution in [0.2, 0.25) is 0 Å². The Hall–Kier alpha value is -3.19. The highest BCUT2D eigenvalue weighted by Crippen LogP contribution is 2.31. The third-order valence-corrected chi connectivity index (χ3v) is 5.45. The number of aromatic nitrogens is 2. The third-order valence-electron chi connectivity index (χ3n) is 5.45. The largest absolute Gasteiger partial charge is 0.497 e. The lowest BCUT2D eigenvalue weighted by Gasteiger charge is -2.33. The van der Waals surface area contributed by atoms with Crippen LogP contribution in [0, 0.1) is 0 Å². The van der Waals surface area contributed by atoms with E-state index in [9.17, 15) is 4.79 Å². The van der Waals surface area contributed by atoms with Gasteiger partial charge in [0.2, 0.25) is 5.89 Å². The van der Waals surface area contributed by atoms with E-state index in [4.69, 9.17) is 14.0 Å². The van der Waals surface area contributed by atoms with Crippen molar-refractivity contribution in [3.8, 4) is 5.75 Å². The molecule has 0 radical (unpaired) electrons. The zero-order valence-corrected chi connectivity index (χ0v) is 17.7. The Kier molecular flexibility index (Phi) is 6.94. The van der Waals surface area contributed by atoms with Gasteiger partial charge in [0.25, 0.3) is 5.91 Å². The quantitative estimate of drug-likeness (QED) is 0.507. The normalized spacial score (nSPS) is 16.3. The Morgan fingerprint density at radius 3 is 2.71 bits per heavy atom. The molecule has 1 aliphatic heterocycles. The molecule has 1 fully saturated rings. The lowest BCUT2D eigenvalue weighted by atomic mass is 10.0. The summed E-state index contributed by atoms with van der Waals surface area (Å²) < 4.78 is 16.4. The van der Waals surface area contributed by atoms with Crippen LogP contribution in [-0.4, -0.2) is 41.2 Å². The minimum Gasteiger partial charge on any atom is -0.497 e. The number of ether oxygens (including phenoxy) is 2. The number of rotatable bonds is 8. The van der Waals surface area contributed by atoms with Crippen LogP contribution < -0.4 is 4.74 Å². The van der Waals surface area contributed by atoms with E-state index in [-0.39, 0.29) is 11.9 Å². The van der Waals surface area contributed by atoms with E-state index in [2.05, 4.69) is 10.1 Å². The van der Waals surface area contributed by atoms with Crippen molar-refractivity contribution in [2.45, 2.75) is 38.3 Å². The van der Waals surface area contributed by atoms with Crippen molar-refractivity contribution in [1.82, 2.24) is 15.0 Å². The van der Waals surface area contributed by atoms with Gasteiger partial charge >= 0.3 is 0 Å². The first-order valence-electron chi connectivity index (χ1n) is 10.6. The van der Waals surface area contributed by atoms with Gasteiger partial charge in [0.1, 0.15) is 11.8 Å². The maximum absolute atomic E-state index is 13.1. The maximum Gasteiger partial charge on any atom is 0.254 e. The van der Waals surface area contributed by atoms with Gasteiger partial charge in [0.05, 0.1) is 20.3 Å². The maximum atomic E-state index is 13.1. The van der Waals surface area contributed by atoms with Crippen molar-refractivity contribution in [3.05, 3.63) is 77.4 Å². The molecule has 2 aromatic carbocycles. The summed E-state index contributed by atoms with van der Waals surface area (Å²) in [4.78, 5) is 19.5. The molecule has 162 valence electrons. The highest BCUT2D eigenvalue weighted by atomic mass is 16.5. The summed E-state index contributed by atoms with van der Waals surface area (Å²) in [6.07, 6.45) is 3.37. The van der Waals surface area contributed by atoms with Crippen LogP contribution in [-0.2, 0) is 17.8 Å². The molecule has 1 unspecified atom stereocenters. The second kappa shape index (κ2) is 10.2. The molecule has 1 amide bonds. The number of carbonyl (C=O) groups is 1. The topological polar surface area (TPSA) is 77.7 Å². The first kappa shape index (κ1) is 21.1. The van der Waals surface area contributed by atoms with Crippen molar-refractivity contribution >= 4 is 5.91 Å². The van der Waals surface area contributed by atoms with Crippen molar-refractivity contribution in [3.63, 3.8) is 0 Å². The highest BCUT2D eigenvalue weighted by Gasteiger charge is 2.32. The number of hydrogen-bond donors (Lipinski definition) is 0. The van der Waals surface area contributed by atoms with Crippen LogP contribution >= 0.6 is 0 Å². The van der Waals surface area contributed by atoms with E-state index in [1.807, 2.05) is 35.2 Å². The van der Waals surface area contributed by atoms with Gasteiger partial charge in [-0.05, 0) is 49.1 Å². The highest BCUT2D eigenvalue weighted by molar-refractivity contribution is 5.94. The average molecular weight is 421 g/mol. The Morgan fingerprint density at radius 1 is 1.13 bits per heavy atom. The molecule has 0 saturated carbocycles. The molecule has 3 aromatic rings. The molecule has 31 heavy (non-hydrogen) atoms. The molecule has 7 nitrogen and oxygen atoms in total. The van der Waals surface area contributed by atoms with Crippen LogP contribution in [0.1, 0.15) is 52.9 Å². The lowest BCUT2D eigenvalue weighted by Crippen LogP contribution is -2.38. The van der Waals surface area contributed by atoms with Gasteiger partial charge in [-0.25, -0.2) is 0 Å². The molecule has 4 rings (SSSR count). The van der Waals surface area contributed by atoms with Gasteiger partial charge < -0.3 is 18.9 Å². The first-order valence-corrected chi connectivity index (χ1v) is 10.6. The number of hydrogen-bond acceptors (Lipinski definition) is 6. The van der Waals surface area contributed by atoms with Crippen LogP contribution in [0.4, 0.5) is 0 Å². The molecule has 1 saturated heterocycles. The van der Waals surface area contributed by atoms with E-state index in [0.717, 1.165) is 30.6 Å². The van der Waals surface area contributed by atoms with Gasteiger partial charge in [0, 0.05) is 18.5 Å². The summed E-state index contributed by atoms with van der Waals surface area (Å²) in [5, 5.41) is 4.10. The Bertz CT molecular complexity index is 972. The zero-order chi connectivity index (χ0) is 21.5. The van der Waals surface area contributed by atoms with E-state index in [1.165, 1.54) is 0 Å². The summed E-state index contributed by atoms with van der Waals surface area (Å²) in [5.74, 6) is 1.80. The Labute approximate surface area is 182 Å². The van der Waals surface area contributed by atoms with Gasteiger partial charge in [0.15, 0.2) is 5.82 Å². The zero-order valence-electron chi connectivity index (χ0n) is 17.7. The fraction of sp³-hybridized carbons (Fsp3) is 0.375. The van der Waals surface area contributed by atoms with Crippen molar-refractivity contribution in [2.24, 2.45) is 0 Å². The molecule has 1 aromatic heterocycles. The average Bonchev–Trinajstić information content (AvgIpc) is 3.31. The van der Waals surface area contributed by atoms with Gasteiger partial charge in [-0.15, -0.1) is 0 Å². The van der Waals surface area contributed by atoms with Gasteiger partial charge in [-0.2, -0.15) is 4.98 Å². The minimum atomic E-state index is -0.199. The fourth-order valence-electron chi connectivity index (χ4n) is 3.76. The monoisotopic (exact) mass is 421 g/mol. The van der Waals surface area contributed by atoms with Gasteiger partial charge in [-0.3, -0.25) is 4.79 Å². The molecule has 0 N–H and O–H groups in total. The first-order chi connectivity index (χ1) is 15.2. The molecule has 0 bridgehead atoms. The number of benzene rings is 2. The molecule has 0 aliphatic carbocycles. The molecule has 1 atom stereocenters. The second-order valence-corrected chi connectivity index (χ2v) is 7.58. The van der Waals surface area contributed by atoms with Crippen molar-refractivity contribution in [1.29, 1.82) is 0 Å². The number of piperidine rings is 1. The predicted octanol–water partition coefficient (Wildman–Crippen LogP) is 4.20. The Balaban J connectivity index is 1.36. The van der Waals surface area contributed by atoms with E-state index < -0.39 is 0 Å².